The number of aliphatic hydroxyl groups is 1. The predicted molar refractivity (Wildman–Crippen MR) is 75.9 cm³/mol. The molecule has 0 bridgehead atoms. The molecule has 4 heteroatoms. The van der Waals surface area contributed by atoms with E-state index in [-0.39, 0.29) is 24.0 Å². The Hall–Kier alpha value is -1.13. The zero-order chi connectivity index (χ0) is 13.9. The lowest BCUT2D eigenvalue weighted by atomic mass is 9.97. The van der Waals surface area contributed by atoms with Crippen molar-refractivity contribution in [2.45, 2.75) is 38.3 Å². The zero-order valence-corrected chi connectivity index (χ0v) is 11.7. The summed E-state index contributed by atoms with van der Waals surface area (Å²) in [4.78, 5) is 2.13. The summed E-state index contributed by atoms with van der Waals surface area (Å²) in [5.74, 6) is -0.180. The van der Waals surface area contributed by atoms with Crippen LogP contribution in [-0.2, 0) is 0 Å². The van der Waals surface area contributed by atoms with Crippen LogP contribution in [0.25, 0.3) is 0 Å². The van der Waals surface area contributed by atoms with Crippen LogP contribution in [0.3, 0.4) is 0 Å². The molecule has 1 fully saturated rings. The van der Waals surface area contributed by atoms with Crippen molar-refractivity contribution < 1.29 is 9.50 Å². The Morgan fingerprint density at radius 1 is 1.42 bits per heavy atom. The number of rotatable bonds is 3. The zero-order valence-electron chi connectivity index (χ0n) is 11.7. The Morgan fingerprint density at radius 2 is 2.16 bits per heavy atom. The van der Waals surface area contributed by atoms with Crippen LogP contribution in [0.5, 0.6) is 0 Å². The molecule has 1 saturated heterocycles. The van der Waals surface area contributed by atoms with Crippen LogP contribution < -0.4 is 10.2 Å². The molecule has 3 nitrogen and oxygen atoms in total. The fraction of sp³-hybridized carbons (Fsp3) is 0.600. The highest BCUT2D eigenvalue weighted by molar-refractivity contribution is 5.50. The molecule has 1 aliphatic heterocycles. The average Bonchev–Trinajstić information content (AvgIpc) is 2.50. The van der Waals surface area contributed by atoms with Gasteiger partial charge in [-0.3, -0.25) is 0 Å². The largest absolute Gasteiger partial charge is 0.396 e. The van der Waals surface area contributed by atoms with Crippen molar-refractivity contribution in [3.8, 4) is 0 Å². The third kappa shape index (κ3) is 3.25. The molecule has 0 saturated carbocycles. The summed E-state index contributed by atoms with van der Waals surface area (Å²) in [6.07, 6.45) is 1.64. The van der Waals surface area contributed by atoms with Gasteiger partial charge in [0.1, 0.15) is 5.82 Å². The highest BCUT2D eigenvalue weighted by Gasteiger charge is 2.32. The van der Waals surface area contributed by atoms with Gasteiger partial charge in [0.05, 0.1) is 5.69 Å². The number of hydrogen-bond donors (Lipinski definition) is 2. The standard InChI is InChI=1S/C15H23FN2O/c1-15(2)8-9-17-12(7-10-19)11-18(15)14-6-4-3-5-13(14)16/h3-6,12,17,19H,7-11H2,1-2H3. The van der Waals surface area contributed by atoms with Crippen molar-refractivity contribution in [1.82, 2.24) is 5.32 Å². The summed E-state index contributed by atoms with van der Waals surface area (Å²) in [6, 6.07) is 7.12. The van der Waals surface area contributed by atoms with Crippen LogP contribution >= 0.6 is 0 Å². The Bertz CT molecular complexity index is 422. The molecule has 1 heterocycles. The topological polar surface area (TPSA) is 35.5 Å². The van der Waals surface area contributed by atoms with Gasteiger partial charge in [-0.2, -0.15) is 0 Å². The van der Waals surface area contributed by atoms with E-state index in [0.29, 0.717) is 18.7 Å². The summed E-state index contributed by atoms with van der Waals surface area (Å²) < 4.78 is 14.1. The van der Waals surface area contributed by atoms with E-state index in [1.807, 2.05) is 12.1 Å². The first-order chi connectivity index (χ1) is 9.04. The third-order valence-corrected chi connectivity index (χ3v) is 3.92. The van der Waals surface area contributed by atoms with Crippen molar-refractivity contribution in [3.05, 3.63) is 30.1 Å². The van der Waals surface area contributed by atoms with Crippen LogP contribution in [-0.4, -0.2) is 36.4 Å². The molecular weight excluding hydrogens is 243 g/mol. The van der Waals surface area contributed by atoms with E-state index in [1.165, 1.54) is 6.07 Å². The van der Waals surface area contributed by atoms with Gasteiger partial charge in [0.25, 0.3) is 0 Å². The second-order valence-electron chi connectivity index (χ2n) is 5.79. The molecule has 0 aromatic heterocycles. The summed E-state index contributed by atoms with van der Waals surface area (Å²) in [5.41, 5.74) is 0.554. The molecule has 2 rings (SSSR count). The highest BCUT2D eigenvalue weighted by Crippen LogP contribution is 2.30. The van der Waals surface area contributed by atoms with E-state index < -0.39 is 0 Å². The number of halogens is 1. The number of aliphatic hydroxyl groups excluding tert-OH is 1. The first kappa shape index (κ1) is 14.3. The SMILES string of the molecule is CC1(C)CCNC(CCO)CN1c1ccccc1F. The molecule has 0 radical (unpaired) electrons. The lowest BCUT2D eigenvalue weighted by Crippen LogP contribution is -2.47. The first-order valence-electron chi connectivity index (χ1n) is 6.91. The number of nitrogens with zero attached hydrogens (tertiary/aromatic N) is 1. The van der Waals surface area contributed by atoms with Crippen LogP contribution in [0, 0.1) is 5.82 Å². The van der Waals surface area contributed by atoms with Gasteiger partial charge in [-0.25, -0.2) is 4.39 Å². The summed E-state index contributed by atoms with van der Waals surface area (Å²) in [5, 5.41) is 12.6. The summed E-state index contributed by atoms with van der Waals surface area (Å²) >= 11 is 0. The molecule has 1 unspecified atom stereocenters. The van der Waals surface area contributed by atoms with Crippen LogP contribution in [0.15, 0.2) is 24.3 Å². The van der Waals surface area contributed by atoms with Gasteiger partial charge in [0.15, 0.2) is 0 Å². The predicted octanol–water partition coefficient (Wildman–Crippen LogP) is 2.16. The van der Waals surface area contributed by atoms with E-state index in [0.717, 1.165) is 13.0 Å². The van der Waals surface area contributed by atoms with E-state index in [1.54, 1.807) is 6.07 Å². The van der Waals surface area contributed by atoms with Gasteiger partial charge in [-0.15, -0.1) is 0 Å². The second kappa shape index (κ2) is 5.88. The van der Waals surface area contributed by atoms with E-state index >= 15 is 0 Å². The lowest BCUT2D eigenvalue weighted by Gasteiger charge is -2.40. The van der Waals surface area contributed by atoms with Crippen molar-refractivity contribution in [2.75, 3.05) is 24.6 Å². The Kier molecular flexibility index (Phi) is 4.42. The minimum Gasteiger partial charge on any atom is -0.396 e. The molecule has 1 aromatic rings. The van der Waals surface area contributed by atoms with Gasteiger partial charge in [-0.1, -0.05) is 12.1 Å². The fourth-order valence-corrected chi connectivity index (χ4v) is 2.69. The number of anilines is 1. The van der Waals surface area contributed by atoms with E-state index in [4.69, 9.17) is 5.11 Å². The number of nitrogens with one attached hydrogen (secondary N) is 1. The molecular formula is C15H23FN2O. The smallest absolute Gasteiger partial charge is 0.146 e. The van der Waals surface area contributed by atoms with Crippen LogP contribution in [0.4, 0.5) is 10.1 Å². The molecule has 0 aliphatic carbocycles. The van der Waals surface area contributed by atoms with E-state index in [2.05, 4.69) is 24.1 Å². The van der Waals surface area contributed by atoms with Gasteiger partial charge in [-0.05, 0) is 45.4 Å². The molecule has 106 valence electrons. The maximum Gasteiger partial charge on any atom is 0.146 e. The normalized spacial score (nSPS) is 23.2. The number of benzene rings is 1. The average molecular weight is 266 g/mol. The Balaban J connectivity index is 2.29. The number of hydrogen-bond acceptors (Lipinski definition) is 3. The minimum atomic E-state index is -0.180. The summed E-state index contributed by atoms with van der Waals surface area (Å²) in [6.45, 7) is 6.05. The van der Waals surface area contributed by atoms with Gasteiger partial charge in [0.2, 0.25) is 0 Å². The molecule has 1 aromatic carbocycles. The Labute approximate surface area is 114 Å². The fourth-order valence-electron chi connectivity index (χ4n) is 2.69. The maximum atomic E-state index is 14.1. The molecule has 0 amide bonds. The van der Waals surface area contributed by atoms with Crippen LogP contribution in [0.2, 0.25) is 0 Å². The molecule has 1 aliphatic rings. The molecule has 19 heavy (non-hydrogen) atoms. The molecule has 1 atom stereocenters. The molecule has 0 spiro atoms. The van der Waals surface area contributed by atoms with E-state index in [9.17, 15) is 4.39 Å². The maximum absolute atomic E-state index is 14.1. The molecule has 2 N–H and O–H groups in total. The first-order valence-corrected chi connectivity index (χ1v) is 6.91. The lowest BCUT2D eigenvalue weighted by molar-refractivity contribution is 0.267. The van der Waals surface area contributed by atoms with Gasteiger partial charge in [0, 0.05) is 24.7 Å². The summed E-state index contributed by atoms with van der Waals surface area (Å²) in [7, 11) is 0. The second-order valence-corrected chi connectivity index (χ2v) is 5.79. The van der Waals surface area contributed by atoms with Crippen molar-refractivity contribution in [2.24, 2.45) is 0 Å². The highest BCUT2D eigenvalue weighted by atomic mass is 19.1. The minimum absolute atomic E-state index is 0.0978. The van der Waals surface area contributed by atoms with Gasteiger partial charge >= 0.3 is 0 Å². The van der Waals surface area contributed by atoms with Crippen molar-refractivity contribution in [1.29, 1.82) is 0 Å². The van der Waals surface area contributed by atoms with Gasteiger partial charge < -0.3 is 15.3 Å². The Morgan fingerprint density at radius 3 is 2.84 bits per heavy atom. The number of para-hydroxylation sites is 1. The van der Waals surface area contributed by atoms with Crippen molar-refractivity contribution >= 4 is 5.69 Å². The van der Waals surface area contributed by atoms with Crippen LogP contribution in [0.1, 0.15) is 26.7 Å². The monoisotopic (exact) mass is 266 g/mol. The quantitative estimate of drug-likeness (QED) is 0.880. The van der Waals surface area contributed by atoms with Crippen molar-refractivity contribution in [3.63, 3.8) is 0 Å². The third-order valence-electron chi connectivity index (χ3n) is 3.92.